The normalized spacial score (nSPS) is 11.4. The number of ether oxygens (including phenoxy) is 1. The van der Waals surface area contributed by atoms with Gasteiger partial charge in [-0.05, 0) is 54.6 Å². The average Bonchev–Trinajstić information content (AvgIpc) is 3.03. The van der Waals surface area contributed by atoms with Crippen LogP contribution in [0, 0.1) is 0 Å². The van der Waals surface area contributed by atoms with Crippen molar-refractivity contribution >= 4 is 38.3 Å². The van der Waals surface area contributed by atoms with Gasteiger partial charge in [-0.15, -0.1) is 0 Å². The van der Waals surface area contributed by atoms with Crippen LogP contribution in [0.5, 0.6) is 5.75 Å². The Bertz CT molecular complexity index is 1520. The molecule has 33 heavy (non-hydrogen) atoms. The highest BCUT2D eigenvalue weighted by atomic mass is 32.2. The molecule has 0 aliphatic carbocycles. The number of carbonyl (C=O) groups is 1. The maximum Gasteiger partial charge on any atom is 0.328 e. The molecular weight excluding hydrogens is 444 g/mol. The van der Waals surface area contributed by atoms with Gasteiger partial charge < -0.3 is 10.1 Å². The van der Waals surface area contributed by atoms with E-state index in [9.17, 15) is 18.0 Å². The van der Waals surface area contributed by atoms with E-state index in [1.165, 1.54) is 52.6 Å². The van der Waals surface area contributed by atoms with Gasteiger partial charge >= 0.3 is 5.69 Å². The average molecular weight is 467 g/mol. The molecule has 0 spiro atoms. The SMILES string of the molecule is COc1ccccc1NC(=O)c1ccc(NS(=O)(=O)c2ccc3c(c2)n(C)c(=O)n3C)cc1. The fraction of sp³-hybridized carbons (Fsp3) is 0.130. The molecule has 1 amide bonds. The first-order chi connectivity index (χ1) is 15.7. The predicted molar refractivity (Wildman–Crippen MR) is 126 cm³/mol. The Balaban J connectivity index is 1.53. The first-order valence-electron chi connectivity index (χ1n) is 9.94. The number of nitrogens with zero attached hydrogens (tertiary/aromatic N) is 2. The number of nitrogens with one attached hydrogen (secondary N) is 2. The van der Waals surface area contributed by atoms with Crippen LogP contribution in [0.3, 0.4) is 0 Å². The lowest BCUT2D eigenvalue weighted by Gasteiger charge is -2.11. The number of anilines is 2. The number of imidazole rings is 1. The Kier molecular flexibility index (Phi) is 5.69. The molecular formula is C23H22N4O5S. The Morgan fingerprint density at radius 2 is 1.58 bits per heavy atom. The van der Waals surface area contributed by atoms with Crippen molar-refractivity contribution in [3.8, 4) is 5.75 Å². The summed E-state index contributed by atoms with van der Waals surface area (Å²) in [6, 6.07) is 17.6. The summed E-state index contributed by atoms with van der Waals surface area (Å²) < 4.78 is 36.3. The van der Waals surface area contributed by atoms with Crippen molar-refractivity contribution in [1.29, 1.82) is 0 Å². The largest absolute Gasteiger partial charge is 0.495 e. The van der Waals surface area contributed by atoms with E-state index in [1.54, 1.807) is 44.4 Å². The number of aromatic nitrogens is 2. The zero-order chi connectivity index (χ0) is 23.8. The highest BCUT2D eigenvalue weighted by molar-refractivity contribution is 7.92. The molecule has 0 saturated carbocycles. The number of hydrogen-bond acceptors (Lipinski definition) is 5. The lowest BCUT2D eigenvalue weighted by Crippen LogP contribution is -2.19. The van der Waals surface area contributed by atoms with Crippen LogP contribution in [0.15, 0.2) is 76.4 Å². The second-order valence-corrected chi connectivity index (χ2v) is 9.07. The third kappa shape index (κ3) is 4.20. The molecule has 0 atom stereocenters. The van der Waals surface area contributed by atoms with Gasteiger partial charge in [0.1, 0.15) is 5.75 Å². The van der Waals surface area contributed by atoms with E-state index in [0.29, 0.717) is 33.7 Å². The van der Waals surface area contributed by atoms with Gasteiger partial charge in [0, 0.05) is 25.3 Å². The van der Waals surface area contributed by atoms with Crippen LogP contribution in [0.25, 0.3) is 11.0 Å². The van der Waals surface area contributed by atoms with Crippen LogP contribution in [0.2, 0.25) is 0 Å². The molecule has 170 valence electrons. The molecule has 1 aromatic heterocycles. The van der Waals surface area contributed by atoms with E-state index in [1.807, 2.05) is 0 Å². The molecule has 0 aliphatic heterocycles. The third-order valence-corrected chi connectivity index (χ3v) is 6.69. The molecule has 0 unspecified atom stereocenters. The number of rotatable bonds is 6. The van der Waals surface area contributed by atoms with E-state index >= 15 is 0 Å². The Hall–Kier alpha value is -4.05. The van der Waals surface area contributed by atoms with E-state index in [0.717, 1.165) is 0 Å². The van der Waals surface area contributed by atoms with Crippen molar-refractivity contribution in [2.45, 2.75) is 4.90 Å². The van der Waals surface area contributed by atoms with Gasteiger partial charge in [-0.1, -0.05) is 12.1 Å². The Morgan fingerprint density at radius 3 is 2.27 bits per heavy atom. The molecule has 3 aromatic carbocycles. The zero-order valence-corrected chi connectivity index (χ0v) is 19.0. The molecule has 0 bridgehead atoms. The van der Waals surface area contributed by atoms with Crippen molar-refractivity contribution in [3.63, 3.8) is 0 Å². The Labute approximate surface area is 190 Å². The van der Waals surface area contributed by atoms with Crippen LogP contribution in [-0.2, 0) is 24.1 Å². The van der Waals surface area contributed by atoms with E-state index < -0.39 is 10.0 Å². The van der Waals surface area contributed by atoms with Gasteiger partial charge in [-0.2, -0.15) is 0 Å². The first-order valence-corrected chi connectivity index (χ1v) is 11.4. The monoisotopic (exact) mass is 466 g/mol. The number of para-hydroxylation sites is 2. The summed E-state index contributed by atoms with van der Waals surface area (Å²) >= 11 is 0. The fourth-order valence-corrected chi connectivity index (χ4v) is 4.58. The van der Waals surface area contributed by atoms with Gasteiger partial charge in [0.05, 0.1) is 28.7 Å². The Morgan fingerprint density at radius 1 is 0.909 bits per heavy atom. The third-order valence-electron chi connectivity index (χ3n) is 5.31. The molecule has 4 rings (SSSR count). The number of aryl methyl sites for hydroxylation is 2. The summed E-state index contributed by atoms with van der Waals surface area (Å²) in [5.41, 5.74) is 2.08. The lowest BCUT2D eigenvalue weighted by atomic mass is 10.2. The van der Waals surface area contributed by atoms with E-state index in [-0.39, 0.29) is 16.5 Å². The van der Waals surface area contributed by atoms with Crippen LogP contribution in [0.4, 0.5) is 11.4 Å². The van der Waals surface area contributed by atoms with Crippen molar-refractivity contribution in [2.24, 2.45) is 14.1 Å². The van der Waals surface area contributed by atoms with Crippen molar-refractivity contribution < 1.29 is 17.9 Å². The number of carbonyl (C=O) groups excluding carboxylic acids is 1. The fourth-order valence-electron chi connectivity index (χ4n) is 3.50. The molecule has 9 nitrogen and oxygen atoms in total. The number of amides is 1. The molecule has 0 aliphatic rings. The number of hydrogen-bond donors (Lipinski definition) is 2. The molecule has 4 aromatic rings. The zero-order valence-electron chi connectivity index (χ0n) is 18.2. The first kappa shape index (κ1) is 22.2. The van der Waals surface area contributed by atoms with Gasteiger partial charge in [0.25, 0.3) is 15.9 Å². The molecule has 0 saturated heterocycles. The summed E-state index contributed by atoms with van der Waals surface area (Å²) in [5.74, 6) is 0.174. The minimum atomic E-state index is -3.91. The number of methoxy groups -OCH3 is 1. The summed E-state index contributed by atoms with van der Waals surface area (Å²) in [5, 5.41) is 2.77. The van der Waals surface area contributed by atoms with Crippen molar-refractivity contribution in [2.75, 3.05) is 17.1 Å². The lowest BCUT2D eigenvalue weighted by molar-refractivity contribution is 0.102. The maximum atomic E-state index is 12.9. The number of benzene rings is 3. The number of fused-ring (bicyclic) bond motifs is 1. The summed E-state index contributed by atoms with van der Waals surface area (Å²) in [6.45, 7) is 0. The van der Waals surface area contributed by atoms with Gasteiger partial charge in [-0.25, -0.2) is 13.2 Å². The predicted octanol–water partition coefficient (Wildman–Crippen LogP) is 2.94. The summed E-state index contributed by atoms with van der Waals surface area (Å²) in [7, 11) is 0.822. The van der Waals surface area contributed by atoms with Crippen LogP contribution >= 0.6 is 0 Å². The quantitative estimate of drug-likeness (QED) is 0.454. The van der Waals surface area contributed by atoms with Gasteiger partial charge in [0.15, 0.2) is 0 Å². The van der Waals surface area contributed by atoms with E-state index in [4.69, 9.17) is 4.74 Å². The number of sulfonamides is 1. The van der Waals surface area contributed by atoms with Gasteiger partial charge in [0.2, 0.25) is 0 Å². The van der Waals surface area contributed by atoms with Crippen LogP contribution < -0.4 is 20.5 Å². The highest BCUT2D eigenvalue weighted by Crippen LogP contribution is 2.24. The second kappa shape index (κ2) is 8.47. The van der Waals surface area contributed by atoms with Crippen molar-refractivity contribution in [1.82, 2.24) is 9.13 Å². The topological polar surface area (TPSA) is 111 Å². The minimum Gasteiger partial charge on any atom is -0.495 e. The van der Waals surface area contributed by atoms with E-state index in [2.05, 4.69) is 10.0 Å². The van der Waals surface area contributed by atoms with Crippen LogP contribution in [0.1, 0.15) is 10.4 Å². The smallest absolute Gasteiger partial charge is 0.328 e. The standard InChI is InChI=1S/C23H22N4O5S/c1-26-19-13-12-17(14-20(19)27(2)23(26)29)33(30,31)25-16-10-8-15(9-11-16)22(28)24-18-6-4-5-7-21(18)32-3/h4-14,25H,1-3H3,(H,24,28). The summed E-state index contributed by atoms with van der Waals surface area (Å²) in [4.78, 5) is 24.7. The molecule has 0 radical (unpaired) electrons. The van der Waals surface area contributed by atoms with Crippen LogP contribution in [-0.4, -0.2) is 30.6 Å². The molecule has 1 heterocycles. The summed E-state index contributed by atoms with van der Waals surface area (Å²) in [6.07, 6.45) is 0. The molecule has 2 N–H and O–H groups in total. The van der Waals surface area contributed by atoms with Gasteiger partial charge in [-0.3, -0.25) is 18.7 Å². The van der Waals surface area contributed by atoms with Crippen molar-refractivity contribution in [3.05, 3.63) is 82.8 Å². The second-order valence-electron chi connectivity index (χ2n) is 7.39. The maximum absolute atomic E-state index is 12.9. The highest BCUT2D eigenvalue weighted by Gasteiger charge is 2.18. The molecule has 10 heteroatoms. The molecule has 0 fully saturated rings. The minimum absolute atomic E-state index is 0.0224.